The van der Waals surface area contributed by atoms with E-state index in [9.17, 15) is 4.79 Å². The molecule has 28 heavy (non-hydrogen) atoms. The van der Waals surface area contributed by atoms with Crippen LogP contribution < -0.4 is 9.47 Å². The number of piperazine rings is 1. The van der Waals surface area contributed by atoms with Crippen molar-refractivity contribution in [3.8, 4) is 11.5 Å². The highest BCUT2D eigenvalue weighted by Gasteiger charge is 2.30. The van der Waals surface area contributed by atoms with Crippen LogP contribution in [0.2, 0.25) is 0 Å². The second-order valence-electron chi connectivity index (χ2n) is 7.42. The zero-order valence-corrected chi connectivity index (χ0v) is 16.5. The highest BCUT2D eigenvalue weighted by molar-refractivity contribution is 5.76. The van der Waals surface area contributed by atoms with Crippen LogP contribution in [0.15, 0.2) is 48.5 Å². The Bertz CT molecular complexity index is 815. The number of rotatable bonds is 5. The molecule has 1 unspecified atom stereocenters. The Morgan fingerprint density at radius 3 is 2.64 bits per heavy atom. The van der Waals surface area contributed by atoms with Crippen LogP contribution in [0.5, 0.6) is 11.5 Å². The number of amides is 1. The number of methoxy groups -OCH3 is 1. The predicted molar refractivity (Wildman–Crippen MR) is 109 cm³/mol. The van der Waals surface area contributed by atoms with Crippen LogP contribution in [0.25, 0.3) is 0 Å². The van der Waals surface area contributed by atoms with Crippen molar-refractivity contribution in [2.45, 2.75) is 25.3 Å². The fourth-order valence-corrected chi connectivity index (χ4v) is 4.29. The van der Waals surface area contributed by atoms with Gasteiger partial charge in [-0.3, -0.25) is 9.69 Å². The Labute approximate surface area is 166 Å². The molecule has 1 saturated heterocycles. The maximum absolute atomic E-state index is 12.7. The molecule has 0 aliphatic carbocycles. The molecule has 2 heterocycles. The molecular weight excluding hydrogens is 352 g/mol. The smallest absolute Gasteiger partial charge is 0.222 e. The molecular formula is C23H28N2O3. The summed E-state index contributed by atoms with van der Waals surface area (Å²) in [4.78, 5) is 17.2. The number of hydrogen-bond acceptors (Lipinski definition) is 4. The molecule has 2 aromatic rings. The summed E-state index contributed by atoms with van der Waals surface area (Å²) in [6.07, 6.45) is 2.26. The fraction of sp³-hybridized carbons (Fsp3) is 0.435. The van der Waals surface area contributed by atoms with Crippen LogP contribution in [0.3, 0.4) is 0 Å². The van der Waals surface area contributed by atoms with Crippen LogP contribution in [0.1, 0.15) is 30.0 Å². The summed E-state index contributed by atoms with van der Waals surface area (Å²) in [7, 11) is 1.67. The van der Waals surface area contributed by atoms with Crippen molar-refractivity contribution in [2.24, 2.45) is 0 Å². The lowest BCUT2D eigenvalue weighted by Crippen LogP contribution is -2.50. The van der Waals surface area contributed by atoms with Crippen LogP contribution in [-0.4, -0.2) is 55.6 Å². The highest BCUT2D eigenvalue weighted by Crippen LogP contribution is 2.36. The van der Waals surface area contributed by atoms with Crippen molar-refractivity contribution < 1.29 is 14.3 Å². The molecule has 2 aromatic carbocycles. The monoisotopic (exact) mass is 380 g/mol. The first kappa shape index (κ1) is 18.8. The zero-order valence-electron chi connectivity index (χ0n) is 16.5. The molecule has 148 valence electrons. The highest BCUT2D eigenvalue weighted by atomic mass is 16.5. The maximum atomic E-state index is 12.7. The van der Waals surface area contributed by atoms with E-state index in [2.05, 4.69) is 23.1 Å². The molecule has 0 bridgehead atoms. The van der Waals surface area contributed by atoms with Gasteiger partial charge in [-0.15, -0.1) is 0 Å². The van der Waals surface area contributed by atoms with Crippen LogP contribution >= 0.6 is 0 Å². The van der Waals surface area contributed by atoms with Gasteiger partial charge in [-0.1, -0.05) is 36.4 Å². The van der Waals surface area contributed by atoms with Gasteiger partial charge in [0, 0.05) is 50.6 Å². The van der Waals surface area contributed by atoms with Crippen molar-refractivity contribution >= 4 is 5.91 Å². The number of carbonyl (C=O) groups is 1. The summed E-state index contributed by atoms with van der Waals surface area (Å²) in [5.74, 6) is 2.10. The molecule has 0 saturated carbocycles. The molecule has 1 amide bonds. The molecule has 5 heteroatoms. The van der Waals surface area contributed by atoms with E-state index < -0.39 is 0 Å². The summed E-state index contributed by atoms with van der Waals surface area (Å²) in [6.45, 7) is 4.19. The number of ether oxygens (including phenoxy) is 2. The SMILES string of the molecule is COc1ccccc1CCC(=O)N1CCN(C2CCOc3ccccc32)CC1. The minimum atomic E-state index is 0.234. The van der Waals surface area contributed by atoms with Gasteiger partial charge in [-0.25, -0.2) is 0 Å². The van der Waals surface area contributed by atoms with E-state index in [1.165, 1.54) is 5.56 Å². The van der Waals surface area contributed by atoms with Crippen molar-refractivity contribution in [2.75, 3.05) is 39.9 Å². The van der Waals surface area contributed by atoms with Gasteiger partial charge in [0.25, 0.3) is 0 Å². The third-order valence-corrected chi connectivity index (χ3v) is 5.84. The lowest BCUT2D eigenvalue weighted by molar-refractivity contribution is -0.133. The van der Waals surface area contributed by atoms with Crippen LogP contribution in [0.4, 0.5) is 0 Å². The van der Waals surface area contributed by atoms with Gasteiger partial charge >= 0.3 is 0 Å². The van der Waals surface area contributed by atoms with Gasteiger partial charge < -0.3 is 14.4 Å². The standard InChI is InChI=1S/C23H28N2O3/c1-27-21-8-4-2-6-18(21)10-11-23(26)25-15-13-24(14-16-25)20-12-17-28-22-9-5-3-7-19(20)22/h2-9,20H,10-17H2,1H3. The quantitative estimate of drug-likeness (QED) is 0.798. The molecule has 0 radical (unpaired) electrons. The second-order valence-corrected chi connectivity index (χ2v) is 7.42. The average molecular weight is 380 g/mol. The number of nitrogens with zero attached hydrogens (tertiary/aromatic N) is 2. The summed E-state index contributed by atoms with van der Waals surface area (Å²) in [5, 5.41) is 0. The first-order chi connectivity index (χ1) is 13.8. The van der Waals surface area contributed by atoms with E-state index in [1.54, 1.807) is 7.11 Å². The first-order valence-corrected chi connectivity index (χ1v) is 10.1. The lowest BCUT2D eigenvalue weighted by atomic mass is 9.98. The third kappa shape index (κ3) is 3.99. The number of hydrogen-bond donors (Lipinski definition) is 0. The molecule has 2 aliphatic heterocycles. The molecule has 0 aromatic heterocycles. The minimum Gasteiger partial charge on any atom is -0.496 e. The third-order valence-electron chi connectivity index (χ3n) is 5.84. The lowest BCUT2D eigenvalue weighted by Gasteiger charge is -2.41. The average Bonchev–Trinajstić information content (AvgIpc) is 2.77. The molecule has 0 N–H and O–H groups in total. The van der Waals surface area contributed by atoms with Gasteiger partial charge in [0.05, 0.1) is 13.7 Å². The number of carbonyl (C=O) groups excluding carboxylic acids is 1. The number of para-hydroxylation sites is 2. The molecule has 5 nitrogen and oxygen atoms in total. The zero-order chi connectivity index (χ0) is 19.3. The Kier molecular flexibility index (Phi) is 5.81. The van der Waals surface area contributed by atoms with Crippen molar-refractivity contribution in [1.29, 1.82) is 0 Å². The molecule has 0 spiro atoms. The summed E-state index contributed by atoms with van der Waals surface area (Å²) in [6, 6.07) is 16.7. The summed E-state index contributed by atoms with van der Waals surface area (Å²) >= 11 is 0. The molecule has 4 rings (SSSR count). The largest absolute Gasteiger partial charge is 0.496 e. The number of aryl methyl sites for hydroxylation is 1. The Morgan fingerprint density at radius 1 is 1.07 bits per heavy atom. The normalized spacial score (nSPS) is 19.6. The predicted octanol–water partition coefficient (Wildman–Crippen LogP) is 3.30. The molecule has 2 aliphatic rings. The number of benzene rings is 2. The van der Waals surface area contributed by atoms with Gasteiger partial charge in [0.2, 0.25) is 5.91 Å². The van der Waals surface area contributed by atoms with E-state index >= 15 is 0 Å². The van der Waals surface area contributed by atoms with E-state index in [4.69, 9.17) is 9.47 Å². The van der Waals surface area contributed by atoms with Gasteiger partial charge in [0.15, 0.2) is 0 Å². The van der Waals surface area contributed by atoms with E-state index in [0.717, 1.165) is 62.7 Å². The molecule has 1 atom stereocenters. The fourth-order valence-electron chi connectivity index (χ4n) is 4.29. The van der Waals surface area contributed by atoms with Gasteiger partial charge in [-0.05, 0) is 24.1 Å². The van der Waals surface area contributed by atoms with Crippen LogP contribution in [-0.2, 0) is 11.2 Å². The maximum Gasteiger partial charge on any atom is 0.222 e. The van der Waals surface area contributed by atoms with Gasteiger partial charge in [-0.2, -0.15) is 0 Å². The van der Waals surface area contributed by atoms with Crippen LogP contribution in [0, 0.1) is 0 Å². The van der Waals surface area contributed by atoms with Gasteiger partial charge in [0.1, 0.15) is 11.5 Å². The van der Waals surface area contributed by atoms with Crippen molar-refractivity contribution in [1.82, 2.24) is 9.80 Å². The number of fused-ring (bicyclic) bond motifs is 1. The topological polar surface area (TPSA) is 42.0 Å². The van der Waals surface area contributed by atoms with E-state index in [0.29, 0.717) is 12.5 Å². The Morgan fingerprint density at radius 2 is 1.82 bits per heavy atom. The summed E-state index contributed by atoms with van der Waals surface area (Å²) in [5.41, 5.74) is 2.38. The van der Waals surface area contributed by atoms with E-state index in [1.807, 2.05) is 35.2 Å². The second kappa shape index (κ2) is 8.65. The van der Waals surface area contributed by atoms with Crippen molar-refractivity contribution in [3.05, 3.63) is 59.7 Å². The first-order valence-electron chi connectivity index (χ1n) is 10.1. The summed E-state index contributed by atoms with van der Waals surface area (Å²) < 4.78 is 11.2. The Hall–Kier alpha value is -2.53. The van der Waals surface area contributed by atoms with Crippen molar-refractivity contribution in [3.63, 3.8) is 0 Å². The van der Waals surface area contributed by atoms with E-state index in [-0.39, 0.29) is 5.91 Å². The minimum absolute atomic E-state index is 0.234. The molecule has 1 fully saturated rings. The Balaban J connectivity index is 1.31.